The van der Waals surface area contributed by atoms with Crippen LogP contribution in [0.5, 0.6) is 0 Å². The lowest BCUT2D eigenvalue weighted by atomic mass is 10.1. The molecule has 0 aromatic carbocycles. The minimum atomic E-state index is -1.61. The van der Waals surface area contributed by atoms with Crippen LogP contribution in [-0.4, -0.2) is 64.5 Å². The van der Waals surface area contributed by atoms with Crippen LogP contribution >= 0.6 is 20.8 Å². The van der Waals surface area contributed by atoms with E-state index in [9.17, 15) is 14.4 Å². The van der Waals surface area contributed by atoms with Gasteiger partial charge in [-0.3, -0.25) is 14.2 Å². The van der Waals surface area contributed by atoms with Crippen LogP contribution in [0.2, 0.25) is 0 Å². The lowest BCUT2D eigenvalue weighted by Gasteiger charge is -2.18. The van der Waals surface area contributed by atoms with Gasteiger partial charge in [-0.05, 0) is 12.5 Å². The summed E-state index contributed by atoms with van der Waals surface area (Å²) < 4.78 is 38.1. The van der Waals surface area contributed by atoms with Crippen LogP contribution < -0.4 is 11.0 Å². The number of alkyl halides is 1. The van der Waals surface area contributed by atoms with Crippen molar-refractivity contribution in [1.82, 2.24) is 9.55 Å². The summed E-state index contributed by atoms with van der Waals surface area (Å²) in [6.07, 6.45) is -1.94. The maximum atomic E-state index is 15.1. The van der Waals surface area contributed by atoms with E-state index in [2.05, 4.69) is 10.3 Å². The number of hydrogen-bond acceptors (Lipinski definition) is 9. The SMILES string of the molecule is CCC(=O)SCCOCCOPOC1[C@@H](CC)O[C@@H](n2ccc(NC(C)=O)nc2=O)[C@H]1F. The van der Waals surface area contributed by atoms with Crippen molar-refractivity contribution in [2.45, 2.75) is 58.2 Å². The molecule has 0 radical (unpaired) electrons. The normalized spacial score (nSPS) is 23.1. The van der Waals surface area contributed by atoms with E-state index in [-0.39, 0.29) is 23.4 Å². The molecule has 13 heteroatoms. The first-order valence-electron chi connectivity index (χ1n) is 10.3. The Hall–Kier alpha value is -1.43. The van der Waals surface area contributed by atoms with Crippen LogP contribution in [-0.2, 0) is 28.1 Å². The van der Waals surface area contributed by atoms with Crippen molar-refractivity contribution in [2.75, 3.05) is 30.9 Å². The fourth-order valence-corrected chi connectivity index (χ4v) is 4.15. The van der Waals surface area contributed by atoms with Crippen molar-refractivity contribution in [1.29, 1.82) is 0 Å². The number of nitrogens with zero attached hydrogens (tertiary/aromatic N) is 2. The van der Waals surface area contributed by atoms with E-state index in [1.807, 2.05) is 13.8 Å². The maximum Gasteiger partial charge on any atom is 0.351 e. The molecular formula is C19H29FN3O7PS. The molecule has 1 aromatic rings. The quantitative estimate of drug-likeness (QED) is 0.327. The Balaban J connectivity index is 1.78. The molecule has 1 amide bonds. The standard InChI is InChI=1S/C19H29FN3O7PS/c1-4-13-17(30-31-28-9-8-27-10-11-32-15(25)5-2)16(20)18(29-13)23-7-6-14(21-12(3)24)22-19(23)26/h6-7,13,16-18,31H,4-5,8-11H2,1-3H3,(H,21,22,24,26)/t13-,16+,17?,18-/m1/s1. The van der Waals surface area contributed by atoms with Gasteiger partial charge in [0.25, 0.3) is 0 Å². The van der Waals surface area contributed by atoms with Gasteiger partial charge in [0.2, 0.25) is 5.91 Å². The van der Waals surface area contributed by atoms with Crippen LogP contribution in [0.25, 0.3) is 0 Å². The number of amides is 1. The number of halogens is 1. The topological polar surface area (TPSA) is 118 Å². The number of carbonyl (C=O) groups excluding carboxylic acids is 2. The first-order chi connectivity index (χ1) is 15.4. The predicted molar refractivity (Wildman–Crippen MR) is 120 cm³/mol. The van der Waals surface area contributed by atoms with E-state index in [1.165, 1.54) is 30.9 Å². The summed E-state index contributed by atoms with van der Waals surface area (Å²) in [6, 6.07) is 1.40. The summed E-state index contributed by atoms with van der Waals surface area (Å²) in [4.78, 5) is 38.3. The molecule has 5 atom stereocenters. The number of ether oxygens (including phenoxy) is 2. The largest absolute Gasteiger partial charge is 0.378 e. The van der Waals surface area contributed by atoms with E-state index >= 15 is 4.39 Å². The van der Waals surface area contributed by atoms with Crippen molar-refractivity contribution in [3.8, 4) is 0 Å². The second kappa shape index (κ2) is 14.0. The van der Waals surface area contributed by atoms with Crippen LogP contribution in [0, 0.1) is 0 Å². The minimum Gasteiger partial charge on any atom is -0.378 e. The highest BCUT2D eigenvalue weighted by atomic mass is 32.2. The summed E-state index contributed by atoms with van der Waals surface area (Å²) in [5.41, 5.74) is -0.742. The number of anilines is 1. The number of hydrogen-bond donors (Lipinski definition) is 1. The number of nitrogens with one attached hydrogen (secondary N) is 1. The molecule has 1 aliphatic heterocycles. The van der Waals surface area contributed by atoms with Crippen LogP contribution in [0.4, 0.5) is 10.2 Å². The zero-order chi connectivity index (χ0) is 23.5. The fourth-order valence-electron chi connectivity index (χ4n) is 2.89. The fraction of sp³-hybridized carbons (Fsp3) is 0.684. The van der Waals surface area contributed by atoms with Crippen LogP contribution in [0.3, 0.4) is 0 Å². The molecule has 1 N–H and O–H groups in total. The zero-order valence-corrected chi connectivity index (χ0v) is 20.1. The van der Waals surface area contributed by atoms with Gasteiger partial charge in [0.15, 0.2) is 26.5 Å². The van der Waals surface area contributed by atoms with E-state index in [1.54, 1.807) is 0 Å². The molecule has 0 bridgehead atoms. The average Bonchev–Trinajstić information content (AvgIpc) is 3.07. The minimum absolute atomic E-state index is 0.0830. The number of thioether (sulfide) groups is 1. The van der Waals surface area contributed by atoms with Gasteiger partial charge in [0.05, 0.1) is 25.9 Å². The maximum absolute atomic E-state index is 15.1. The van der Waals surface area contributed by atoms with Gasteiger partial charge >= 0.3 is 5.69 Å². The van der Waals surface area contributed by atoms with Crippen LogP contribution in [0.15, 0.2) is 17.1 Å². The van der Waals surface area contributed by atoms with E-state index in [0.29, 0.717) is 31.8 Å². The van der Waals surface area contributed by atoms with Gasteiger partial charge in [-0.2, -0.15) is 4.98 Å². The molecule has 0 spiro atoms. The Morgan fingerprint density at radius 3 is 2.78 bits per heavy atom. The number of aromatic nitrogens is 2. The highest BCUT2D eigenvalue weighted by Crippen LogP contribution is 2.37. The monoisotopic (exact) mass is 493 g/mol. The molecule has 2 unspecified atom stereocenters. The third-order valence-electron chi connectivity index (χ3n) is 4.43. The molecule has 0 saturated carbocycles. The lowest BCUT2D eigenvalue weighted by Crippen LogP contribution is -2.33. The van der Waals surface area contributed by atoms with E-state index in [0.717, 1.165) is 4.57 Å². The van der Waals surface area contributed by atoms with Crippen molar-refractivity contribution in [2.24, 2.45) is 0 Å². The highest BCUT2D eigenvalue weighted by Gasteiger charge is 2.46. The molecule has 2 rings (SSSR count). The molecular weight excluding hydrogens is 464 g/mol. The Kier molecular flexibility index (Phi) is 11.7. The third kappa shape index (κ3) is 8.17. The molecule has 32 heavy (non-hydrogen) atoms. The van der Waals surface area contributed by atoms with Gasteiger partial charge in [-0.1, -0.05) is 25.6 Å². The Bertz CT molecular complexity index is 815. The summed E-state index contributed by atoms with van der Waals surface area (Å²) in [7, 11) is -0.421. The van der Waals surface area contributed by atoms with Gasteiger partial charge in [-0.25, -0.2) is 9.18 Å². The van der Waals surface area contributed by atoms with Gasteiger partial charge in [0.1, 0.15) is 11.9 Å². The van der Waals surface area contributed by atoms with Crippen molar-refractivity contribution in [3.05, 3.63) is 22.7 Å². The molecule has 1 aliphatic rings. The van der Waals surface area contributed by atoms with E-state index in [4.69, 9.17) is 18.5 Å². The second-order valence-electron chi connectivity index (χ2n) is 6.80. The summed E-state index contributed by atoms with van der Waals surface area (Å²) >= 11 is 1.24. The first-order valence-corrected chi connectivity index (χ1v) is 12.1. The van der Waals surface area contributed by atoms with Crippen molar-refractivity contribution >= 4 is 37.6 Å². The molecule has 1 saturated heterocycles. The molecule has 0 aliphatic carbocycles. The highest BCUT2D eigenvalue weighted by molar-refractivity contribution is 8.13. The average molecular weight is 493 g/mol. The predicted octanol–water partition coefficient (Wildman–Crippen LogP) is 2.44. The van der Waals surface area contributed by atoms with Gasteiger partial charge < -0.3 is 23.8 Å². The Morgan fingerprint density at radius 2 is 2.12 bits per heavy atom. The number of rotatable bonds is 13. The second-order valence-corrected chi connectivity index (χ2v) is 8.65. The van der Waals surface area contributed by atoms with Gasteiger partial charge in [0, 0.05) is 25.3 Å². The molecule has 1 aromatic heterocycles. The van der Waals surface area contributed by atoms with Gasteiger partial charge in [-0.15, -0.1) is 0 Å². The third-order valence-corrected chi connectivity index (χ3v) is 6.10. The summed E-state index contributed by atoms with van der Waals surface area (Å²) in [5, 5.41) is 2.53. The smallest absolute Gasteiger partial charge is 0.351 e. The Morgan fingerprint density at radius 1 is 1.34 bits per heavy atom. The van der Waals surface area contributed by atoms with Crippen molar-refractivity contribution in [3.63, 3.8) is 0 Å². The first kappa shape index (κ1) is 26.8. The molecule has 180 valence electrons. The molecule has 10 nitrogen and oxygen atoms in total. The van der Waals surface area contributed by atoms with Crippen molar-refractivity contribution < 1.29 is 32.5 Å². The summed E-state index contributed by atoms with van der Waals surface area (Å²) in [5.74, 6) is 0.305. The summed E-state index contributed by atoms with van der Waals surface area (Å²) in [6.45, 7) is 5.98. The molecule has 2 heterocycles. The van der Waals surface area contributed by atoms with Crippen LogP contribution in [0.1, 0.15) is 39.8 Å². The number of carbonyl (C=O) groups is 2. The lowest BCUT2D eigenvalue weighted by molar-refractivity contribution is -0.114. The Labute approximate surface area is 191 Å². The van der Waals surface area contributed by atoms with E-state index < -0.39 is 39.3 Å². The zero-order valence-electron chi connectivity index (χ0n) is 18.2. The molecule has 1 fully saturated rings.